The Morgan fingerprint density at radius 1 is 1.42 bits per heavy atom. The van der Waals surface area contributed by atoms with Gasteiger partial charge in [-0.3, -0.25) is 10.4 Å². The molecule has 0 aliphatic rings. The van der Waals surface area contributed by atoms with E-state index in [2.05, 4.69) is 15.7 Å². The fourth-order valence-corrected chi connectivity index (χ4v) is 1.73. The van der Waals surface area contributed by atoms with Crippen molar-refractivity contribution in [3.63, 3.8) is 0 Å². The first-order chi connectivity index (χ1) is 9.15. The number of hydrogen-bond acceptors (Lipinski definition) is 3. The maximum absolute atomic E-state index is 5.83. The van der Waals surface area contributed by atoms with Gasteiger partial charge in [0, 0.05) is 24.7 Å². The maximum Gasteiger partial charge on any atom is 0.206 e. The standard InChI is InChI=1S/C13H21ClN4O/c1-10(9-19-2)17-13(18-15)16-8-7-11-3-5-12(14)6-4-11/h3-6,10H,7-9,15H2,1-2H3,(H2,16,17,18). The topological polar surface area (TPSA) is 71.7 Å². The van der Waals surface area contributed by atoms with Gasteiger partial charge in [0.25, 0.3) is 0 Å². The van der Waals surface area contributed by atoms with E-state index < -0.39 is 0 Å². The molecule has 0 spiro atoms. The minimum atomic E-state index is 0.148. The quantitative estimate of drug-likeness (QED) is 0.319. The molecule has 0 amide bonds. The Morgan fingerprint density at radius 2 is 2.11 bits per heavy atom. The van der Waals surface area contributed by atoms with Crippen molar-refractivity contribution in [1.82, 2.24) is 10.7 Å². The van der Waals surface area contributed by atoms with Gasteiger partial charge in [-0.2, -0.15) is 0 Å². The number of halogens is 1. The lowest BCUT2D eigenvalue weighted by atomic mass is 10.1. The number of guanidine groups is 1. The number of nitrogens with one attached hydrogen (secondary N) is 2. The minimum absolute atomic E-state index is 0.148. The summed E-state index contributed by atoms with van der Waals surface area (Å²) in [5, 5.41) is 3.87. The molecule has 1 atom stereocenters. The lowest BCUT2D eigenvalue weighted by Crippen LogP contribution is -2.47. The van der Waals surface area contributed by atoms with Gasteiger partial charge in [0.05, 0.1) is 6.61 Å². The summed E-state index contributed by atoms with van der Waals surface area (Å²) in [6, 6.07) is 7.89. The van der Waals surface area contributed by atoms with E-state index in [1.807, 2.05) is 31.2 Å². The van der Waals surface area contributed by atoms with Gasteiger partial charge in [-0.25, -0.2) is 5.84 Å². The zero-order valence-corrected chi connectivity index (χ0v) is 12.1. The highest BCUT2D eigenvalue weighted by atomic mass is 35.5. The van der Waals surface area contributed by atoms with Crippen LogP contribution in [0, 0.1) is 0 Å². The van der Waals surface area contributed by atoms with Crippen LogP contribution in [0.3, 0.4) is 0 Å². The van der Waals surface area contributed by atoms with E-state index in [1.54, 1.807) is 7.11 Å². The average molecular weight is 285 g/mol. The van der Waals surface area contributed by atoms with E-state index in [1.165, 1.54) is 5.56 Å². The Hall–Kier alpha value is -1.30. The van der Waals surface area contributed by atoms with Gasteiger partial charge in [0.2, 0.25) is 5.96 Å². The fraction of sp³-hybridized carbons (Fsp3) is 0.462. The summed E-state index contributed by atoms with van der Waals surface area (Å²) in [4.78, 5) is 4.36. The van der Waals surface area contributed by atoms with E-state index in [9.17, 15) is 0 Å². The molecule has 1 aromatic rings. The number of aliphatic imine (C=N–C) groups is 1. The molecular formula is C13H21ClN4O. The molecule has 106 valence electrons. The summed E-state index contributed by atoms with van der Waals surface area (Å²) in [7, 11) is 1.66. The van der Waals surface area contributed by atoms with Crippen molar-refractivity contribution in [3.8, 4) is 0 Å². The minimum Gasteiger partial charge on any atom is -0.383 e. The molecule has 0 aliphatic heterocycles. The summed E-state index contributed by atoms with van der Waals surface area (Å²) in [5.41, 5.74) is 3.74. The maximum atomic E-state index is 5.83. The smallest absolute Gasteiger partial charge is 0.206 e. The number of hydrazine groups is 1. The molecule has 5 nitrogen and oxygen atoms in total. The second kappa shape index (κ2) is 8.74. The first kappa shape index (κ1) is 15.8. The number of nitrogens with two attached hydrogens (primary N) is 1. The fourth-order valence-electron chi connectivity index (χ4n) is 1.61. The molecule has 1 unspecified atom stereocenters. The second-order valence-electron chi connectivity index (χ2n) is 4.25. The van der Waals surface area contributed by atoms with Crippen molar-refractivity contribution < 1.29 is 4.74 Å². The van der Waals surface area contributed by atoms with Crippen molar-refractivity contribution in [2.75, 3.05) is 20.3 Å². The van der Waals surface area contributed by atoms with E-state index in [0.717, 1.165) is 11.4 Å². The molecule has 0 heterocycles. The van der Waals surface area contributed by atoms with Gasteiger partial charge in [0.1, 0.15) is 0 Å². The molecular weight excluding hydrogens is 264 g/mol. The molecule has 0 saturated carbocycles. The first-order valence-corrected chi connectivity index (χ1v) is 6.54. The molecule has 0 aliphatic carbocycles. The molecule has 0 bridgehead atoms. The highest BCUT2D eigenvalue weighted by molar-refractivity contribution is 6.30. The van der Waals surface area contributed by atoms with Crippen LogP contribution < -0.4 is 16.6 Å². The Morgan fingerprint density at radius 3 is 2.68 bits per heavy atom. The van der Waals surface area contributed by atoms with Crippen LogP contribution in [0.15, 0.2) is 29.3 Å². The average Bonchev–Trinajstić information content (AvgIpc) is 2.40. The zero-order chi connectivity index (χ0) is 14.1. The summed E-state index contributed by atoms with van der Waals surface area (Å²) < 4.78 is 5.04. The summed E-state index contributed by atoms with van der Waals surface area (Å²) in [6.45, 7) is 3.24. The molecule has 0 fully saturated rings. The SMILES string of the molecule is COCC(C)NC(=NCCc1ccc(Cl)cc1)NN. The van der Waals surface area contributed by atoms with Gasteiger partial charge >= 0.3 is 0 Å². The molecule has 0 saturated heterocycles. The number of hydrogen-bond donors (Lipinski definition) is 3. The second-order valence-corrected chi connectivity index (χ2v) is 4.69. The van der Waals surface area contributed by atoms with Crippen LogP contribution in [0.5, 0.6) is 0 Å². The predicted molar refractivity (Wildman–Crippen MR) is 79.3 cm³/mol. The molecule has 19 heavy (non-hydrogen) atoms. The summed E-state index contributed by atoms with van der Waals surface area (Å²) >= 11 is 5.83. The van der Waals surface area contributed by atoms with E-state index in [4.69, 9.17) is 22.2 Å². The van der Waals surface area contributed by atoms with Crippen LogP contribution in [-0.4, -0.2) is 32.3 Å². The Labute approximate surface area is 119 Å². The monoisotopic (exact) mass is 284 g/mol. The molecule has 1 aromatic carbocycles. The van der Waals surface area contributed by atoms with Gasteiger partial charge < -0.3 is 10.1 Å². The Kier molecular flexibility index (Phi) is 7.25. The highest BCUT2D eigenvalue weighted by Crippen LogP contribution is 2.09. The summed E-state index contributed by atoms with van der Waals surface area (Å²) in [6.07, 6.45) is 0.836. The normalized spacial score (nSPS) is 13.2. The van der Waals surface area contributed by atoms with Crippen molar-refractivity contribution >= 4 is 17.6 Å². The predicted octanol–water partition coefficient (Wildman–Crippen LogP) is 1.33. The van der Waals surface area contributed by atoms with Crippen LogP contribution in [0.4, 0.5) is 0 Å². The van der Waals surface area contributed by atoms with E-state index >= 15 is 0 Å². The van der Waals surface area contributed by atoms with Gasteiger partial charge in [-0.1, -0.05) is 23.7 Å². The molecule has 6 heteroatoms. The number of rotatable bonds is 6. The van der Waals surface area contributed by atoms with Gasteiger partial charge in [-0.05, 0) is 31.0 Å². The van der Waals surface area contributed by atoms with E-state index in [-0.39, 0.29) is 6.04 Å². The van der Waals surface area contributed by atoms with Crippen molar-refractivity contribution in [2.45, 2.75) is 19.4 Å². The van der Waals surface area contributed by atoms with Gasteiger partial charge in [-0.15, -0.1) is 0 Å². The van der Waals surface area contributed by atoms with Crippen LogP contribution in [0.25, 0.3) is 0 Å². The van der Waals surface area contributed by atoms with Crippen molar-refractivity contribution in [3.05, 3.63) is 34.9 Å². The Bertz CT molecular complexity index is 394. The molecule has 1 rings (SSSR count). The third-order valence-electron chi connectivity index (χ3n) is 2.52. The number of benzene rings is 1. The van der Waals surface area contributed by atoms with Crippen LogP contribution >= 0.6 is 11.6 Å². The summed E-state index contributed by atoms with van der Waals surface area (Å²) in [5.74, 6) is 5.98. The molecule has 0 aromatic heterocycles. The van der Waals surface area contributed by atoms with Crippen LogP contribution in [-0.2, 0) is 11.2 Å². The number of nitrogens with zero attached hydrogens (tertiary/aromatic N) is 1. The Balaban J connectivity index is 2.42. The third kappa shape index (κ3) is 6.42. The molecule has 0 radical (unpaired) electrons. The van der Waals surface area contributed by atoms with Crippen molar-refractivity contribution in [1.29, 1.82) is 0 Å². The van der Waals surface area contributed by atoms with E-state index in [0.29, 0.717) is 19.1 Å². The first-order valence-electron chi connectivity index (χ1n) is 6.16. The van der Waals surface area contributed by atoms with Crippen LogP contribution in [0.2, 0.25) is 5.02 Å². The van der Waals surface area contributed by atoms with Crippen LogP contribution in [0.1, 0.15) is 12.5 Å². The lowest BCUT2D eigenvalue weighted by molar-refractivity contribution is 0.179. The number of ether oxygens (including phenoxy) is 1. The van der Waals surface area contributed by atoms with Gasteiger partial charge in [0.15, 0.2) is 0 Å². The van der Waals surface area contributed by atoms with Crippen molar-refractivity contribution in [2.24, 2.45) is 10.8 Å². The largest absolute Gasteiger partial charge is 0.383 e. The highest BCUT2D eigenvalue weighted by Gasteiger charge is 2.03. The third-order valence-corrected chi connectivity index (χ3v) is 2.77. The lowest BCUT2D eigenvalue weighted by Gasteiger charge is -2.15. The zero-order valence-electron chi connectivity index (χ0n) is 11.3. The molecule has 4 N–H and O–H groups in total. The number of methoxy groups -OCH3 is 1.